The number of aromatic nitrogens is 6. The van der Waals surface area contributed by atoms with Crippen molar-refractivity contribution in [3.05, 3.63) is 18.7 Å². The summed E-state index contributed by atoms with van der Waals surface area (Å²) >= 11 is 0. The molecule has 0 unspecified atom stereocenters. The number of halogens is 2. The first-order valence-corrected chi connectivity index (χ1v) is 8.81. The van der Waals surface area contributed by atoms with Gasteiger partial charge in [0.2, 0.25) is 5.95 Å². The lowest BCUT2D eigenvalue weighted by atomic mass is 10.1. The van der Waals surface area contributed by atoms with E-state index in [-0.39, 0.29) is 19.7 Å². The van der Waals surface area contributed by atoms with E-state index in [0.717, 1.165) is 5.56 Å². The quantitative estimate of drug-likeness (QED) is 0.707. The highest BCUT2D eigenvalue weighted by molar-refractivity contribution is 5.85. The molecule has 0 aromatic carbocycles. The summed E-state index contributed by atoms with van der Waals surface area (Å²) in [5.41, 5.74) is 2.66. The van der Waals surface area contributed by atoms with Crippen LogP contribution >= 0.6 is 0 Å². The van der Waals surface area contributed by atoms with Crippen LogP contribution in [-0.4, -0.2) is 74.5 Å². The van der Waals surface area contributed by atoms with Gasteiger partial charge in [0.25, 0.3) is 0 Å². The van der Waals surface area contributed by atoms with Gasteiger partial charge >= 0.3 is 0 Å². The molecule has 2 aliphatic rings. The van der Waals surface area contributed by atoms with E-state index < -0.39 is 18.4 Å². The van der Waals surface area contributed by atoms with Crippen LogP contribution in [0, 0.1) is 0 Å². The Morgan fingerprint density at radius 1 is 1.30 bits per heavy atom. The maximum Gasteiger partial charge on any atom is 0.243 e. The van der Waals surface area contributed by atoms with Crippen molar-refractivity contribution in [2.75, 3.05) is 36.5 Å². The van der Waals surface area contributed by atoms with E-state index >= 15 is 0 Å². The van der Waals surface area contributed by atoms with Crippen molar-refractivity contribution >= 4 is 17.3 Å². The summed E-state index contributed by atoms with van der Waals surface area (Å²) in [6.45, 7) is 1.10. The van der Waals surface area contributed by atoms with Crippen molar-refractivity contribution < 1.29 is 13.5 Å². The summed E-state index contributed by atoms with van der Waals surface area (Å²) in [6, 6.07) is -0.403. The Morgan fingerprint density at radius 2 is 2.19 bits per heavy atom. The molecule has 0 bridgehead atoms. The molecule has 0 radical (unpaired) electrons. The number of H-pyrrole nitrogens is 1. The summed E-state index contributed by atoms with van der Waals surface area (Å²) in [5, 5.41) is 14.1. The Kier molecular flexibility index (Phi) is 3.88. The van der Waals surface area contributed by atoms with Gasteiger partial charge < -0.3 is 15.0 Å². The topological polar surface area (TPSA) is 96.3 Å². The maximum absolute atomic E-state index is 14.0. The Morgan fingerprint density at radius 3 is 2.93 bits per heavy atom. The summed E-state index contributed by atoms with van der Waals surface area (Å²) in [7, 11) is 0. The molecule has 5 heterocycles. The van der Waals surface area contributed by atoms with E-state index in [4.69, 9.17) is 4.74 Å². The lowest BCUT2D eigenvalue weighted by molar-refractivity contribution is 0.0284. The van der Waals surface area contributed by atoms with Gasteiger partial charge in [-0.25, -0.2) is 13.8 Å². The number of nitrogens with one attached hydrogen (secondary N) is 2. The molecular weight excluding hydrogens is 358 g/mol. The third-order valence-corrected chi connectivity index (χ3v) is 4.89. The highest BCUT2D eigenvalue weighted by Gasteiger charge is 2.32. The van der Waals surface area contributed by atoms with Crippen LogP contribution in [0.1, 0.15) is 6.42 Å². The zero-order valence-corrected chi connectivity index (χ0v) is 14.3. The SMILES string of the molecule is FC1CN(c2c(-c3cn[nH]c3)ncn3nc(N[C@H]4CCOC[C@H]4F)nc23)C1. The number of hydrogen-bond acceptors (Lipinski definition) is 7. The Bertz CT molecular complexity index is 939. The average molecular weight is 376 g/mol. The second kappa shape index (κ2) is 6.41. The number of nitrogens with zero attached hydrogens (tertiary/aromatic N) is 6. The van der Waals surface area contributed by atoms with Crippen LogP contribution in [-0.2, 0) is 4.74 Å². The van der Waals surface area contributed by atoms with Gasteiger partial charge in [-0.2, -0.15) is 14.6 Å². The van der Waals surface area contributed by atoms with Gasteiger partial charge in [-0.05, 0) is 6.42 Å². The van der Waals surface area contributed by atoms with Crippen molar-refractivity contribution in [1.29, 1.82) is 0 Å². The Labute approximate surface area is 152 Å². The van der Waals surface area contributed by atoms with E-state index in [2.05, 4.69) is 30.6 Å². The molecule has 2 N–H and O–H groups in total. The van der Waals surface area contributed by atoms with Gasteiger partial charge in [0.1, 0.15) is 30.1 Å². The fraction of sp³-hybridized carbons (Fsp3) is 0.500. The van der Waals surface area contributed by atoms with Gasteiger partial charge in [-0.15, -0.1) is 5.10 Å². The third kappa shape index (κ3) is 2.87. The number of hydrogen-bond donors (Lipinski definition) is 2. The number of rotatable bonds is 4. The zero-order chi connectivity index (χ0) is 18.4. The third-order valence-electron chi connectivity index (χ3n) is 4.89. The average Bonchev–Trinajstić information content (AvgIpc) is 3.29. The molecule has 2 aliphatic heterocycles. The summed E-state index contributed by atoms with van der Waals surface area (Å²) in [4.78, 5) is 10.9. The summed E-state index contributed by atoms with van der Waals surface area (Å²) in [6.07, 6.45) is 3.46. The molecule has 3 aromatic heterocycles. The minimum Gasteiger partial charge on any atom is -0.378 e. The van der Waals surface area contributed by atoms with Gasteiger partial charge in [0.15, 0.2) is 5.65 Å². The minimum absolute atomic E-state index is 0.0636. The minimum atomic E-state index is -1.12. The van der Waals surface area contributed by atoms with Gasteiger partial charge in [-0.3, -0.25) is 5.10 Å². The highest BCUT2D eigenvalue weighted by Crippen LogP contribution is 2.35. The van der Waals surface area contributed by atoms with Crippen LogP contribution in [0.25, 0.3) is 16.9 Å². The van der Waals surface area contributed by atoms with Crippen LogP contribution in [0.15, 0.2) is 18.7 Å². The largest absolute Gasteiger partial charge is 0.378 e. The van der Waals surface area contributed by atoms with Crippen LogP contribution in [0.2, 0.25) is 0 Å². The Hall–Kier alpha value is -2.82. The smallest absolute Gasteiger partial charge is 0.243 e. The monoisotopic (exact) mass is 376 g/mol. The first kappa shape index (κ1) is 16.4. The molecule has 142 valence electrons. The van der Waals surface area contributed by atoms with E-state index in [1.165, 1.54) is 4.52 Å². The van der Waals surface area contributed by atoms with Crippen molar-refractivity contribution in [2.24, 2.45) is 0 Å². The fourth-order valence-corrected chi connectivity index (χ4v) is 3.43. The normalized spacial score (nSPS) is 23.6. The highest BCUT2D eigenvalue weighted by atomic mass is 19.1. The molecule has 0 saturated carbocycles. The van der Waals surface area contributed by atoms with E-state index in [1.807, 2.05) is 4.90 Å². The molecule has 0 spiro atoms. The van der Waals surface area contributed by atoms with Crippen molar-refractivity contribution in [3.63, 3.8) is 0 Å². The predicted molar refractivity (Wildman–Crippen MR) is 93.2 cm³/mol. The Balaban J connectivity index is 1.54. The van der Waals surface area contributed by atoms with Crippen LogP contribution in [0.5, 0.6) is 0 Å². The molecule has 3 aromatic rings. The molecule has 2 saturated heterocycles. The van der Waals surface area contributed by atoms with Crippen molar-refractivity contribution in [2.45, 2.75) is 24.8 Å². The predicted octanol–water partition coefficient (Wildman–Crippen LogP) is 1.21. The van der Waals surface area contributed by atoms with E-state index in [0.29, 0.717) is 36.0 Å². The first-order chi connectivity index (χ1) is 13.2. The molecular formula is C16H18F2N8O. The number of alkyl halides is 2. The molecule has 2 atom stereocenters. The number of aromatic amines is 1. The standard InChI is InChI=1S/C16H18F2N8O/c17-10-5-25(6-10)14-13(9-3-20-21-4-9)19-8-26-15(14)23-16(24-26)22-12-1-2-27-7-11(12)18/h3-4,8,10-12H,1-2,5-7H2,(H,20,21)(H,22,24)/t11-,12+/m1/s1. The fourth-order valence-electron chi connectivity index (χ4n) is 3.43. The molecule has 0 amide bonds. The number of anilines is 2. The van der Waals surface area contributed by atoms with Crippen LogP contribution in [0.4, 0.5) is 20.4 Å². The van der Waals surface area contributed by atoms with E-state index in [9.17, 15) is 8.78 Å². The maximum atomic E-state index is 14.0. The second-order valence-electron chi connectivity index (χ2n) is 6.77. The van der Waals surface area contributed by atoms with E-state index in [1.54, 1.807) is 18.7 Å². The van der Waals surface area contributed by atoms with Crippen molar-refractivity contribution in [1.82, 2.24) is 29.8 Å². The van der Waals surface area contributed by atoms with Crippen molar-refractivity contribution in [3.8, 4) is 11.3 Å². The lowest BCUT2D eigenvalue weighted by Crippen LogP contribution is -2.49. The van der Waals surface area contributed by atoms with Crippen LogP contribution < -0.4 is 10.2 Å². The molecule has 5 rings (SSSR count). The second-order valence-corrected chi connectivity index (χ2v) is 6.77. The number of ether oxygens (including phenoxy) is 1. The molecule has 0 aliphatic carbocycles. The first-order valence-electron chi connectivity index (χ1n) is 8.81. The summed E-state index contributed by atoms with van der Waals surface area (Å²) in [5.74, 6) is 0.314. The van der Waals surface area contributed by atoms with Gasteiger partial charge in [0, 0.05) is 18.4 Å². The molecule has 2 fully saturated rings. The molecule has 11 heteroatoms. The zero-order valence-electron chi connectivity index (χ0n) is 14.3. The molecule has 9 nitrogen and oxygen atoms in total. The molecule has 27 heavy (non-hydrogen) atoms. The van der Waals surface area contributed by atoms with Crippen LogP contribution in [0.3, 0.4) is 0 Å². The van der Waals surface area contributed by atoms with Gasteiger partial charge in [0.05, 0.1) is 31.9 Å². The number of fused-ring (bicyclic) bond motifs is 1. The summed E-state index contributed by atoms with van der Waals surface area (Å²) < 4.78 is 34.2. The lowest BCUT2D eigenvalue weighted by Gasteiger charge is -2.36. The van der Waals surface area contributed by atoms with Gasteiger partial charge in [-0.1, -0.05) is 0 Å².